The summed E-state index contributed by atoms with van der Waals surface area (Å²) in [5, 5.41) is 0. The van der Waals surface area contributed by atoms with Gasteiger partial charge in [0.1, 0.15) is 0 Å². The van der Waals surface area contributed by atoms with E-state index in [-0.39, 0.29) is 11.4 Å². The molecule has 0 aromatic heterocycles. The molecule has 2 nitrogen and oxygen atoms in total. The van der Waals surface area contributed by atoms with E-state index in [2.05, 4.69) is 0 Å². The third-order valence-electron chi connectivity index (χ3n) is 4.97. The minimum Gasteiger partial charge on any atom is -0.469 e. The third-order valence-corrected chi connectivity index (χ3v) is 4.97. The Hall–Kier alpha value is -0.530. The van der Waals surface area contributed by atoms with Crippen LogP contribution >= 0.6 is 0 Å². The highest BCUT2D eigenvalue weighted by Crippen LogP contribution is 2.58. The number of esters is 1. The van der Waals surface area contributed by atoms with Gasteiger partial charge in [-0.05, 0) is 49.9 Å². The molecule has 0 spiro atoms. The number of carbonyl (C=O) groups is 1. The summed E-state index contributed by atoms with van der Waals surface area (Å²) in [6.45, 7) is 0. The van der Waals surface area contributed by atoms with Gasteiger partial charge in [0, 0.05) is 0 Å². The van der Waals surface area contributed by atoms with E-state index in [0.717, 1.165) is 37.0 Å². The highest BCUT2D eigenvalue weighted by molar-refractivity contribution is 5.77. The number of hydrogen-bond donors (Lipinski definition) is 0. The third kappa shape index (κ3) is 1.41. The van der Waals surface area contributed by atoms with E-state index >= 15 is 0 Å². The molecule has 0 aromatic rings. The molecule has 4 saturated carbocycles. The predicted molar refractivity (Wildman–Crippen MR) is 57.2 cm³/mol. The largest absolute Gasteiger partial charge is 0.469 e. The zero-order valence-electron chi connectivity index (χ0n) is 9.50. The Bertz CT molecular complexity index is 268. The second-order valence-corrected chi connectivity index (χ2v) is 6.03. The van der Waals surface area contributed by atoms with Gasteiger partial charge >= 0.3 is 5.97 Å². The average Bonchev–Trinajstić information content (AvgIpc) is 2.44. The average molecular weight is 208 g/mol. The number of fused-ring (bicyclic) bond motifs is 1. The van der Waals surface area contributed by atoms with E-state index in [1.165, 1.54) is 25.7 Å². The van der Waals surface area contributed by atoms with Gasteiger partial charge in [-0.15, -0.1) is 0 Å². The molecule has 4 rings (SSSR count). The zero-order chi connectivity index (χ0) is 10.5. The van der Waals surface area contributed by atoms with Crippen molar-refractivity contribution in [3.05, 3.63) is 0 Å². The number of methoxy groups -OCH3 is 1. The molecule has 0 heterocycles. The second-order valence-electron chi connectivity index (χ2n) is 6.03. The fourth-order valence-electron chi connectivity index (χ4n) is 4.66. The van der Waals surface area contributed by atoms with E-state index in [1.807, 2.05) is 0 Å². The Labute approximate surface area is 91.4 Å². The number of ether oxygens (including phenoxy) is 1. The van der Waals surface area contributed by atoms with E-state index in [1.54, 1.807) is 7.11 Å². The van der Waals surface area contributed by atoms with Crippen molar-refractivity contribution in [1.82, 2.24) is 0 Å². The van der Waals surface area contributed by atoms with Crippen molar-refractivity contribution in [3.63, 3.8) is 0 Å². The first-order chi connectivity index (χ1) is 7.22. The topological polar surface area (TPSA) is 26.3 Å². The van der Waals surface area contributed by atoms with E-state index in [4.69, 9.17) is 4.74 Å². The van der Waals surface area contributed by atoms with Gasteiger partial charge in [-0.3, -0.25) is 4.79 Å². The van der Waals surface area contributed by atoms with Gasteiger partial charge in [0.15, 0.2) is 0 Å². The second kappa shape index (κ2) is 3.23. The molecule has 2 heteroatoms. The van der Waals surface area contributed by atoms with Crippen LogP contribution < -0.4 is 0 Å². The number of hydrogen-bond acceptors (Lipinski definition) is 2. The lowest BCUT2D eigenvalue weighted by atomic mass is 9.58. The van der Waals surface area contributed by atoms with Crippen LogP contribution in [-0.4, -0.2) is 13.1 Å². The molecule has 4 aliphatic rings. The van der Waals surface area contributed by atoms with Crippen molar-refractivity contribution in [2.45, 2.75) is 44.9 Å². The monoisotopic (exact) mass is 208 g/mol. The maximum Gasteiger partial charge on any atom is 0.311 e. The molecule has 15 heavy (non-hydrogen) atoms. The summed E-state index contributed by atoms with van der Waals surface area (Å²) in [6, 6.07) is 0. The van der Waals surface area contributed by atoms with Crippen LogP contribution in [0.4, 0.5) is 0 Å². The Kier molecular flexibility index (Phi) is 2.08. The van der Waals surface area contributed by atoms with E-state index < -0.39 is 0 Å². The SMILES string of the molecule is COC(=O)C12CC3CCC(CC(C3)C1)C2. The van der Waals surface area contributed by atoms with Crippen molar-refractivity contribution < 1.29 is 9.53 Å². The maximum absolute atomic E-state index is 12.0. The highest BCUT2D eigenvalue weighted by Gasteiger charge is 2.53. The Morgan fingerprint density at radius 1 is 1.07 bits per heavy atom. The Morgan fingerprint density at radius 2 is 1.60 bits per heavy atom. The van der Waals surface area contributed by atoms with Crippen LogP contribution in [0.2, 0.25) is 0 Å². The van der Waals surface area contributed by atoms with Gasteiger partial charge in [-0.1, -0.05) is 12.8 Å². The van der Waals surface area contributed by atoms with Gasteiger partial charge in [-0.2, -0.15) is 0 Å². The molecule has 4 aliphatic carbocycles. The summed E-state index contributed by atoms with van der Waals surface area (Å²) in [6.07, 6.45) is 8.84. The molecule has 0 saturated heterocycles. The van der Waals surface area contributed by atoms with Gasteiger partial charge in [-0.25, -0.2) is 0 Å². The normalized spacial score (nSPS) is 47.7. The van der Waals surface area contributed by atoms with Gasteiger partial charge in [0.2, 0.25) is 0 Å². The molecule has 4 bridgehead atoms. The molecule has 0 radical (unpaired) electrons. The summed E-state index contributed by atoms with van der Waals surface area (Å²) in [4.78, 5) is 12.0. The van der Waals surface area contributed by atoms with Crippen molar-refractivity contribution >= 4 is 5.97 Å². The van der Waals surface area contributed by atoms with Crippen molar-refractivity contribution in [2.75, 3.05) is 7.11 Å². The van der Waals surface area contributed by atoms with Crippen LogP contribution in [-0.2, 0) is 9.53 Å². The van der Waals surface area contributed by atoms with Gasteiger partial charge < -0.3 is 4.74 Å². The molecule has 2 atom stereocenters. The first-order valence-electron chi connectivity index (χ1n) is 6.30. The molecule has 84 valence electrons. The lowest BCUT2D eigenvalue weighted by Crippen LogP contribution is -2.43. The van der Waals surface area contributed by atoms with Crippen molar-refractivity contribution in [1.29, 1.82) is 0 Å². The maximum atomic E-state index is 12.0. The summed E-state index contributed by atoms with van der Waals surface area (Å²) < 4.78 is 5.05. The highest BCUT2D eigenvalue weighted by atomic mass is 16.5. The molecule has 0 N–H and O–H groups in total. The molecular weight excluding hydrogens is 188 g/mol. The van der Waals surface area contributed by atoms with Gasteiger partial charge in [0.25, 0.3) is 0 Å². The van der Waals surface area contributed by atoms with Crippen LogP contribution in [0, 0.1) is 23.2 Å². The Morgan fingerprint density at radius 3 is 2.13 bits per heavy atom. The zero-order valence-corrected chi connectivity index (χ0v) is 9.50. The fraction of sp³-hybridized carbons (Fsp3) is 0.923. The van der Waals surface area contributed by atoms with Crippen LogP contribution in [0.1, 0.15) is 44.9 Å². The van der Waals surface area contributed by atoms with Crippen LogP contribution in [0.3, 0.4) is 0 Å². The summed E-state index contributed by atoms with van der Waals surface area (Å²) in [5.41, 5.74) is -0.0677. The predicted octanol–water partition coefficient (Wildman–Crippen LogP) is 2.77. The summed E-state index contributed by atoms with van der Waals surface area (Å²) >= 11 is 0. The van der Waals surface area contributed by atoms with Crippen molar-refractivity contribution in [2.24, 2.45) is 23.2 Å². The minimum atomic E-state index is -0.0677. The van der Waals surface area contributed by atoms with E-state index in [9.17, 15) is 4.79 Å². The first-order valence-corrected chi connectivity index (χ1v) is 6.30. The molecule has 0 aromatic carbocycles. The van der Waals surface area contributed by atoms with Gasteiger partial charge in [0.05, 0.1) is 12.5 Å². The molecule has 2 unspecified atom stereocenters. The first kappa shape index (κ1) is 9.68. The van der Waals surface area contributed by atoms with Crippen LogP contribution in [0.5, 0.6) is 0 Å². The van der Waals surface area contributed by atoms with Crippen LogP contribution in [0.15, 0.2) is 0 Å². The smallest absolute Gasteiger partial charge is 0.311 e. The van der Waals surface area contributed by atoms with Crippen LogP contribution in [0.25, 0.3) is 0 Å². The Balaban J connectivity index is 1.93. The number of carbonyl (C=O) groups excluding carboxylic acids is 1. The standard InChI is InChI=1S/C13H20O2/c1-15-12(14)13-6-9-2-3-10(7-13)5-11(4-9)8-13/h9-11H,2-8H2,1H3. The lowest BCUT2D eigenvalue weighted by molar-refractivity contribution is -0.160. The molecule has 0 amide bonds. The minimum absolute atomic E-state index is 0.0677. The molecule has 0 aliphatic heterocycles. The van der Waals surface area contributed by atoms with Crippen molar-refractivity contribution in [3.8, 4) is 0 Å². The summed E-state index contributed by atoms with van der Waals surface area (Å²) in [7, 11) is 1.55. The number of rotatable bonds is 1. The quantitative estimate of drug-likeness (QED) is 0.619. The fourth-order valence-corrected chi connectivity index (χ4v) is 4.66. The lowest BCUT2D eigenvalue weighted by Gasteiger charge is -2.46. The summed E-state index contributed by atoms with van der Waals surface area (Å²) in [5.74, 6) is 2.54. The van der Waals surface area contributed by atoms with E-state index in [0.29, 0.717) is 0 Å². The molecular formula is C13H20O2. The molecule has 4 fully saturated rings.